The van der Waals surface area contributed by atoms with Gasteiger partial charge in [0.05, 0.1) is 35.9 Å². The molecule has 3 N–H and O–H groups in total. The summed E-state index contributed by atoms with van der Waals surface area (Å²) in [6.07, 6.45) is 1.27. The third-order valence-corrected chi connectivity index (χ3v) is 5.38. The Balaban J connectivity index is 1.64. The van der Waals surface area contributed by atoms with Crippen molar-refractivity contribution < 1.29 is 28.6 Å². The molecular formula is C28H26FN5O5. The molecule has 0 unspecified atom stereocenters. The minimum absolute atomic E-state index is 0.0431. The van der Waals surface area contributed by atoms with Crippen LogP contribution < -0.4 is 15.4 Å². The Morgan fingerprint density at radius 2 is 1.72 bits per heavy atom. The van der Waals surface area contributed by atoms with Crippen LogP contribution in [0.15, 0.2) is 73.1 Å². The molecule has 1 heterocycles. The molecule has 10 nitrogen and oxygen atoms in total. The summed E-state index contributed by atoms with van der Waals surface area (Å²) in [5.74, 6) is -1.22. The lowest BCUT2D eigenvalue weighted by Crippen LogP contribution is -2.24. The van der Waals surface area contributed by atoms with Gasteiger partial charge >= 0.3 is 6.09 Å². The summed E-state index contributed by atoms with van der Waals surface area (Å²) >= 11 is 0. The SMILES string of the molecule is CC(C)(C)Oc1cc(NC(=O)O)c(NC(=O)CC(=O)c2cccc(-n3ccnn3)c2)cc1-c1ccc(F)cc1. The maximum atomic E-state index is 13.6. The zero-order valence-electron chi connectivity index (χ0n) is 21.4. The van der Waals surface area contributed by atoms with Crippen molar-refractivity contribution in [2.75, 3.05) is 10.6 Å². The van der Waals surface area contributed by atoms with E-state index in [-0.39, 0.29) is 11.4 Å². The van der Waals surface area contributed by atoms with Crippen LogP contribution in [0.5, 0.6) is 5.75 Å². The van der Waals surface area contributed by atoms with Gasteiger partial charge < -0.3 is 15.2 Å². The number of hydrogen-bond acceptors (Lipinski definition) is 6. The number of nitrogens with zero attached hydrogens (tertiary/aromatic N) is 3. The van der Waals surface area contributed by atoms with Gasteiger partial charge in [-0.15, -0.1) is 5.10 Å². The predicted octanol–water partition coefficient (Wildman–Crippen LogP) is 5.55. The number of aromatic nitrogens is 3. The molecule has 0 bridgehead atoms. The van der Waals surface area contributed by atoms with Crippen LogP contribution in [0, 0.1) is 5.82 Å². The van der Waals surface area contributed by atoms with Gasteiger partial charge in [-0.2, -0.15) is 0 Å². The first-order valence-electron chi connectivity index (χ1n) is 11.9. The van der Waals surface area contributed by atoms with Crippen LogP contribution in [0.4, 0.5) is 20.6 Å². The normalized spacial score (nSPS) is 11.1. The lowest BCUT2D eigenvalue weighted by molar-refractivity contribution is -0.115. The first-order valence-corrected chi connectivity index (χ1v) is 11.9. The van der Waals surface area contributed by atoms with Crippen molar-refractivity contribution >= 4 is 29.2 Å². The van der Waals surface area contributed by atoms with Gasteiger partial charge in [0, 0.05) is 17.2 Å². The number of benzene rings is 3. The predicted molar refractivity (Wildman–Crippen MR) is 143 cm³/mol. The number of carboxylic acid groups (broad SMARTS) is 1. The smallest absolute Gasteiger partial charge is 0.409 e. The Kier molecular flexibility index (Phi) is 7.70. The minimum Gasteiger partial charge on any atom is -0.487 e. The topological polar surface area (TPSA) is 135 Å². The lowest BCUT2D eigenvalue weighted by Gasteiger charge is -2.25. The molecule has 2 amide bonds. The summed E-state index contributed by atoms with van der Waals surface area (Å²) in [5.41, 5.74) is 1.46. The highest BCUT2D eigenvalue weighted by Gasteiger charge is 2.21. The maximum absolute atomic E-state index is 13.6. The molecule has 0 saturated carbocycles. The van der Waals surface area contributed by atoms with Gasteiger partial charge in [-0.1, -0.05) is 29.5 Å². The van der Waals surface area contributed by atoms with Crippen molar-refractivity contribution in [3.05, 3.63) is 84.4 Å². The lowest BCUT2D eigenvalue weighted by atomic mass is 10.0. The summed E-state index contributed by atoms with van der Waals surface area (Å²) < 4.78 is 21.1. The molecule has 200 valence electrons. The molecule has 0 spiro atoms. The molecule has 11 heteroatoms. The third kappa shape index (κ3) is 7.04. The molecule has 0 atom stereocenters. The summed E-state index contributed by atoms with van der Waals surface area (Å²) in [4.78, 5) is 37.3. The van der Waals surface area contributed by atoms with E-state index >= 15 is 0 Å². The number of amides is 2. The average molecular weight is 532 g/mol. The number of carbonyl (C=O) groups excluding carboxylic acids is 2. The summed E-state index contributed by atoms with van der Waals surface area (Å²) in [5, 5.41) is 21.9. The second-order valence-electron chi connectivity index (χ2n) is 9.59. The quantitative estimate of drug-likeness (QED) is 0.200. The van der Waals surface area contributed by atoms with Crippen LogP contribution in [-0.2, 0) is 4.79 Å². The Morgan fingerprint density at radius 3 is 2.36 bits per heavy atom. The van der Waals surface area contributed by atoms with Gasteiger partial charge in [-0.25, -0.2) is 13.9 Å². The monoisotopic (exact) mass is 531 g/mol. The molecule has 0 aliphatic heterocycles. The van der Waals surface area contributed by atoms with Crippen LogP contribution in [0.25, 0.3) is 16.8 Å². The molecule has 0 aliphatic carbocycles. The van der Waals surface area contributed by atoms with Crippen molar-refractivity contribution in [3.8, 4) is 22.6 Å². The van der Waals surface area contributed by atoms with Crippen LogP contribution in [-0.4, -0.2) is 43.5 Å². The van der Waals surface area contributed by atoms with E-state index in [2.05, 4.69) is 20.9 Å². The number of halogens is 1. The highest BCUT2D eigenvalue weighted by molar-refractivity contribution is 6.12. The van der Waals surface area contributed by atoms with Crippen LogP contribution in [0.2, 0.25) is 0 Å². The van der Waals surface area contributed by atoms with E-state index in [4.69, 9.17) is 4.74 Å². The molecule has 1 aromatic heterocycles. The van der Waals surface area contributed by atoms with Crippen LogP contribution >= 0.6 is 0 Å². The van der Waals surface area contributed by atoms with Gasteiger partial charge in [0.25, 0.3) is 0 Å². The fraction of sp³-hybridized carbons (Fsp3) is 0.179. The van der Waals surface area contributed by atoms with E-state index in [0.29, 0.717) is 28.1 Å². The van der Waals surface area contributed by atoms with Crippen molar-refractivity contribution in [3.63, 3.8) is 0 Å². The number of Topliss-reactive ketones (excluding diaryl/α,β-unsaturated/α-hetero) is 1. The van der Waals surface area contributed by atoms with Gasteiger partial charge in [0.15, 0.2) is 5.78 Å². The number of carbonyl (C=O) groups is 3. The number of hydrogen-bond donors (Lipinski definition) is 3. The zero-order chi connectivity index (χ0) is 28.2. The Bertz CT molecular complexity index is 1510. The standard InChI is InChI=1S/C28H26FN5O5/c1-28(2,3)39-25-15-23(32-27(37)38)22(14-21(25)17-7-9-19(29)10-8-17)31-26(36)16-24(35)18-5-4-6-20(13-18)34-12-11-30-33-34/h4-15,32H,16H2,1-3H3,(H,31,36)(H,37,38). The van der Waals surface area contributed by atoms with E-state index < -0.39 is 35.6 Å². The van der Waals surface area contributed by atoms with Crippen LogP contribution in [0.3, 0.4) is 0 Å². The van der Waals surface area contributed by atoms with Crippen molar-refractivity contribution in [2.45, 2.75) is 32.8 Å². The average Bonchev–Trinajstić information content (AvgIpc) is 3.40. The van der Waals surface area contributed by atoms with E-state index in [1.54, 1.807) is 42.6 Å². The molecule has 39 heavy (non-hydrogen) atoms. The highest BCUT2D eigenvalue weighted by atomic mass is 19.1. The van der Waals surface area contributed by atoms with E-state index in [9.17, 15) is 23.9 Å². The van der Waals surface area contributed by atoms with Gasteiger partial charge in [0.1, 0.15) is 17.2 Å². The molecule has 3 aromatic carbocycles. The second-order valence-corrected chi connectivity index (χ2v) is 9.59. The molecule has 0 fully saturated rings. The van der Waals surface area contributed by atoms with Gasteiger partial charge in [-0.05, 0) is 56.7 Å². The van der Waals surface area contributed by atoms with E-state index in [0.717, 1.165) is 0 Å². The molecular weight excluding hydrogens is 505 g/mol. The Morgan fingerprint density at radius 1 is 1.00 bits per heavy atom. The van der Waals surface area contributed by atoms with Crippen LogP contribution in [0.1, 0.15) is 37.6 Å². The first-order chi connectivity index (χ1) is 18.5. The molecule has 4 rings (SSSR count). The van der Waals surface area contributed by atoms with Gasteiger partial charge in [0.2, 0.25) is 5.91 Å². The zero-order valence-corrected chi connectivity index (χ0v) is 21.4. The summed E-state index contributed by atoms with van der Waals surface area (Å²) in [7, 11) is 0. The molecule has 0 radical (unpaired) electrons. The third-order valence-electron chi connectivity index (χ3n) is 5.38. The van der Waals surface area contributed by atoms with Gasteiger partial charge in [-0.3, -0.25) is 14.9 Å². The molecule has 0 saturated heterocycles. The number of ether oxygens (including phenoxy) is 1. The number of nitrogens with one attached hydrogen (secondary N) is 2. The first kappa shape index (κ1) is 27.0. The number of anilines is 2. The summed E-state index contributed by atoms with van der Waals surface area (Å²) in [6.45, 7) is 5.47. The minimum atomic E-state index is -1.36. The van der Waals surface area contributed by atoms with E-state index in [1.807, 2.05) is 20.8 Å². The highest BCUT2D eigenvalue weighted by Crippen LogP contribution is 2.39. The largest absolute Gasteiger partial charge is 0.487 e. The number of rotatable bonds is 8. The molecule has 0 aliphatic rings. The number of ketones is 1. The Hall–Kier alpha value is -5.06. The fourth-order valence-corrected chi connectivity index (χ4v) is 3.78. The van der Waals surface area contributed by atoms with E-state index in [1.165, 1.54) is 35.1 Å². The second kappa shape index (κ2) is 11.1. The maximum Gasteiger partial charge on any atom is 0.409 e. The molecule has 4 aromatic rings. The van der Waals surface area contributed by atoms with Crippen molar-refractivity contribution in [1.29, 1.82) is 0 Å². The van der Waals surface area contributed by atoms with Crippen molar-refractivity contribution in [1.82, 2.24) is 15.0 Å². The van der Waals surface area contributed by atoms with Crippen molar-refractivity contribution in [2.24, 2.45) is 0 Å². The Labute approximate surface area is 223 Å². The summed E-state index contributed by atoms with van der Waals surface area (Å²) in [6, 6.07) is 15.2. The fourth-order valence-electron chi connectivity index (χ4n) is 3.78.